The van der Waals surface area contributed by atoms with E-state index in [1.807, 2.05) is 65.2 Å². The van der Waals surface area contributed by atoms with E-state index in [0.29, 0.717) is 35.8 Å². The maximum absolute atomic E-state index is 13.1. The molecule has 0 unspecified atom stereocenters. The molecule has 2 aliphatic rings. The van der Waals surface area contributed by atoms with Crippen molar-refractivity contribution in [3.05, 3.63) is 143 Å². The van der Waals surface area contributed by atoms with E-state index < -0.39 is 0 Å². The molecule has 0 saturated heterocycles. The summed E-state index contributed by atoms with van der Waals surface area (Å²) < 4.78 is 3.56. The van der Waals surface area contributed by atoms with Crippen molar-refractivity contribution >= 4 is 11.2 Å². The normalized spacial score (nSPS) is 11.3. The molecule has 0 aliphatic carbocycles. The van der Waals surface area contributed by atoms with E-state index in [-0.39, 0.29) is 5.69 Å². The highest BCUT2D eigenvalue weighted by molar-refractivity contribution is 5.85. The molecular formula is C33H24N6O. The number of hydrogen-bond acceptors (Lipinski definition) is 5. The Labute approximate surface area is 230 Å². The summed E-state index contributed by atoms with van der Waals surface area (Å²) in [7, 11) is 0. The van der Waals surface area contributed by atoms with Gasteiger partial charge in [-0.05, 0) is 39.4 Å². The minimum atomic E-state index is -0.357. The van der Waals surface area contributed by atoms with E-state index in [9.17, 15) is 4.79 Å². The second-order valence-corrected chi connectivity index (χ2v) is 9.66. The maximum Gasteiger partial charge on any atom is 0.350 e. The van der Waals surface area contributed by atoms with Crippen molar-refractivity contribution < 1.29 is 0 Å². The van der Waals surface area contributed by atoms with Gasteiger partial charge in [-0.1, -0.05) is 103 Å². The minimum absolute atomic E-state index is 0.347. The van der Waals surface area contributed by atoms with E-state index in [2.05, 4.69) is 68.5 Å². The van der Waals surface area contributed by atoms with Gasteiger partial charge in [-0.2, -0.15) is 4.98 Å². The molecule has 0 fully saturated rings. The molecule has 0 spiro atoms. The van der Waals surface area contributed by atoms with Gasteiger partial charge in [-0.25, -0.2) is 19.7 Å². The predicted octanol–water partition coefficient (Wildman–Crippen LogP) is 5.92. The number of benzene rings is 4. The number of imidazole rings is 2. The summed E-state index contributed by atoms with van der Waals surface area (Å²) in [6, 6.07) is 37.0. The molecular weight excluding hydrogens is 496 g/mol. The molecule has 0 saturated carbocycles. The molecule has 7 rings (SSSR count). The van der Waals surface area contributed by atoms with Gasteiger partial charge in [0, 0.05) is 0 Å². The molecule has 192 valence electrons. The van der Waals surface area contributed by atoms with Gasteiger partial charge in [0.2, 0.25) is 0 Å². The Morgan fingerprint density at radius 1 is 0.650 bits per heavy atom. The fraction of sp³-hybridized carbons (Fsp3) is 0.0606. The first kappa shape index (κ1) is 23.7. The Morgan fingerprint density at radius 3 is 2.20 bits per heavy atom. The lowest BCUT2D eigenvalue weighted by atomic mass is 10.00. The van der Waals surface area contributed by atoms with Crippen LogP contribution in [0.4, 0.5) is 0 Å². The molecule has 0 radical (unpaired) electrons. The van der Waals surface area contributed by atoms with Gasteiger partial charge in [0.1, 0.15) is 17.5 Å². The van der Waals surface area contributed by atoms with Crippen LogP contribution in [0.25, 0.3) is 44.9 Å². The fourth-order valence-corrected chi connectivity index (χ4v) is 5.19. The third-order valence-electron chi connectivity index (χ3n) is 7.12. The van der Waals surface area contributed by atoms with Gasteiger partial charge in [0.15, 0.2) is 11.5 Å². The van der Waals surface area contributed by atoms with Crippen LogP contribution in [0.2, 0.25) is 0 Å². The topological polar surface area (TPSA) is 78.5 Å². The molecule has 5 aromatic rings. The average molecular weight is 521 g/mol. The van der Waals surface area contributed by atoms with Crippen molar-refractivity contribution in [2.75, 3.05) is 0 Å². The number of hydrogen-bond donors (Lipinski definition) is 0. The number of nitrogens with zero attached hydrogens (tertiary/aromatic N) is 6. The largest absolute Gasteiger partial charge is 0.350 e. The molecule has 3 heterocycles. The molecule has 7 nitrogen and oxygen atoms in total. The van der Waals surface area contributed by atoms with Crippen LogP contribution in [0.15, 0.2) is 127 Å². The molecule has 4 aromatic carbocycles. The SMILES string of the molecule is O=c1nc2c3ncn(Cc4ccccc4-c4ccccc4)c3ncnc-2n1Cc1cccc(-c2ccccc2)c1. The standard InChI is InChI=1S/C33H24N6O/c40-33-37-30-29-31(38(22-36-29)20-27-15-7-8-17-28(27)25-13-5-2-6-14-25)34-21-35-32(30)39(33)19-23-10-9-16-26(18-23)24-11-3-1-4-12-24/h1-18,21-22H,19-20H2. The van der Waals surface area contributed by atoms with E-state index in [4.69, 9.17) is 0 Å². The molecule has 0 amide bonds. The number of fused-ring (bicyclic) bond motifs is 3. The predicted molar refractivity (Wildman–Crippen MR) is 156 cm³/mol. The van der Waals surface area contributed by atoms with E-state index in [0.717, 1.165) is 33.4 Å². The van der Waals surface area contributed by atoms with Crippen LogP contribution in [-0.2, 0) is 13.1 Å². The maximum atomic E-state index is 13.1. The minimum Gasteiger partial charge on any atom is -0.311 e. The van der Waals surface area contributed by atoms with Crippen molar-refractivity contribution in [1.82, 2.24) is 29.1 Å². The molecule has 0 N–H and O–H groups in total. The van der Waals surface area contributed by atoms with Gasteiger partial charge < -0.3 is 4.57 Å². The van der Waals surface area contributed by atoms with Crippen LogP contribution in [0.5, 0.6) is 0 Å². The van der Waals surface area contributed by atoms with Gasteiger partial charge in [0.05, 0.1) is 19.4 Å². The van der Waals surface area contributed by atoms with Crippen molar-refractivity contribution in [1.29, 1.82) is 0 Å². The molecule has 0 bridgehead atoms. The monoisotopic (exact) mass is 520 g/mol. The Bertz CT molecular complexity index is 1980. The molecule has 7 heteroatoms. The second-order valence-electron chi connectivity index (χ2n) is 9.66. The Balaban J connectivity index is 1.24. The zero-order chi connectivity index (χ0) is 26.9. The second kappa shape index (κ2) is 10.0. The van der Waals surface area contributed by atoms with E-state index >= 15 is 0 Å². The summed E-state index contributed by atoms with van der Waals surface area (Å²) in [6.07, 6.45) is 3.25. The lowest BCUT2D eigenvalue weighted by Crippen LogP contribution is -2.17. The van der Waals surface area contributed by atoms with Crippen molar-refractivity contribution in [2.45, 2.75) is 13.1 Å². The first-order valence-electron chi connectivity index (χ1n) is 13.1. The first-order valence-corrected chi connectivity index (χ1v) is 13.1. The summed E-state index contributed by atoms with van der Waals surface area (Å²) >= 11 is 0. The molecule has 1 aromatic heterocycles. The van der Waals surface area contributed by atoms with Gasteiger partial charge in [-0.15, -0.1) is 0 Å². The van der Waals surface area contributed by atoms with Gasteiger partial charge in [0.25, 0.3) is 0 Å². The lowest BCUT2D eigenvalue weighted by Gasteiger charge is -2.10. The van der Waals surface area contributed by atoms with Crippen LogP contribution in [0.3, 0.4) is 0 Å². The summed E-state index contributed by atoms with van der Waals surface area (Å²) in [5, 5.41) is 0. The smallest absolute Gasteiger partial charge is 0.311 e. The Hall–Kier alpha value is -5.43. The van der Waals surface area contributed by atoms with Crippen LogP contribution >= 0.6 is 0 Å². The lowest BCUT2D eigenvalue weighted by molar-refractivity contribution is 0.758. The quantitative estimate of drug-likeness (QED) is 0.272. The highest BCUT2D eigenvalue weighted by atomic mass is 16.1. The van der Waals surface area contributed by atoms with E-state index in [1.165, 1.54) is 6.33 Å². The summed E-state index contributed by atoms with van der Waals surface area (Å²) in [5.41, 5.74) is 7.91. The van der Waals surface area contributed by atoms with Crippen molar-refractivity contribution in [3.8, 4) is 33.8 Å². The van der Waals surface area contributed by atoms with E-state index in [1.54, 1.807) is 10.9 Å². The average Bonchev–Trinajstić information content (AvgIpc) is 3.48. The number of aromatic nitrogens is 6. The van der Waals surface area contributed by atoms with Crippen molar-refractivity contribution in [3.63, 3.8) is 0 Å². The molecule has 0 atom stereocenters. The van der Waals surface area contributed by atoms with Gasteiger partial charge in [-0.3, -0.25) is 4.57 Å². The number of rotatable bonds is 6. The van der Waals surface area contributed by atoms with Crippen LogP contribution < -0.4 is 5.69 Å². The van der Waals surface area contributed by atoms with Crippen molar-refractivity contribution in [2.24, 2.45) is 0 Å². The Morgan fingerprint density at radius 2 is 1.38 bits per heavy atom. The summed E-state index contributed by atoms with van der Waals surface area (Å²) in [5.74, 6) is 0.465. The molecule has 2 aliphatic heterocycles. The van der Waals surface area contributed by atoms with Crippen LogP contribution in [0.1, 0.15) is 11.1 Å². The highest BCUT2D eigenvalue weighted by Gasteiger charge is 2.21. The third kappa shape index (κ3) is 4.33. The molecule has 40 heavy (non-hydrogen) atoms. The fourth-order valence-electron chi connectivity index (χ4n) is 5.19. The van der Waals surface area contributed by atoms with Crippen LogP contribution in [0, 0.1) is 0 Å². The van der Waals surface area contributed by atoms with Crippen LogP contribution in [-0.4, -0.2) is 29.1 Å². The third-order valence-corrected chi connectivity index (χ3v) is 7.12. The summed E-state index contributed by atoms with van der Waals surface area (Å²) in [6.45, 7) is 0.914. The highest BCUT2D eigenvalue weighted by Crippen LogP contribution is 2.28. The zero-order valence-electron chi connectivity index (χ0n) is 21.6. The Kier molecular flexibility index (Phi) is 5.94. The zero-order valence-corrected chi connectivity index (χ0v) is 21.6. The first-order chi connectivity index (χ1) is 19.7. The summed E-state index contributed by atoms with van der Waals surface area (Å²) in [4.78, 5) is 31.3. The van der Waals surface area contributed by atoms with Gasteiger partial charge >= 0.3 is 5.69 Å².